The van der Waals surface area contributed by atoms with Gasteiger partial charge in [-0.3, -0.25) is 0 Å². The summed E-state index contributed by atoms with van der Waals surface area (Å²) in [4.78, 5) is 7.85. The molecule has 3 aliphatic rings. The third-order valence-electron chi connectivity index (χ3n) is 7.64. The van der Waals surface area contributed by atoms with Crippen molar-refractivity contribution in [2.45, 2.75) is 43.7 Å². The van der Waals surface area contributed by atoms with Gasteiger partial charge in [-0.05, 0) is 42.4 Å². The number of benzene rings is 1. The maximum Gasteiger partial charge on any atom is 0.212 e. The number of nitrogens with zero attached hydrogens (tertiary/aromatic N) is 2. The summed E-state index contributed by atoms with van der Waals surface area (Å²) < 4.78 is 40.6. The van der Waals surface area contributed by atoms with E-state index < -0.39 is 34.3 Å². The minimum absolute atomic E-state index is 0.169. The Bertz CT molecular complexity index is 1590. The van der Waals surface area contributed by atoms with E-state index in [1.54, 1.807) is 6.07 Å². The Kier molecular flexibility index (Phi) is 6.90. The summed E-state index contributed by atoms with van der Waals surface area (Å²) in [6, 6.07) is 11.9. The van der Waals surface area contributed by atoms with Gasteiger partial charge < -0.3 is 24.3 Å². The highest BCUT2D eigenvalue weighted by Crippen LogP contribution is 2.37. The highest BCUT2D eigenvalue weighted by atomic mass is 35.5. The number of nitriles is 1. The van der Waals surface area contributed by atoms with Crippen LogP contribution in [0.2, 0.25) is 5.02 Å². The number of nitrogens with one attached hydrogen (secondary N) is 1. The fourth-order valence-electron chi connectivity index (χ4n) is 5.73. The van der Waals surface area contributed by atoms with Crippen molar-refractivity contribution in [3.05, 3.63) is 52.6 Å². The first-order chi connectivity index (χ1) is 18.7. The average molecular weight is 570 g/mol. The number of fused-ring (bicyclic) bond motifs is 2. The van der Waals surface area contributed by atoms with Crippen LogP contribution in [0.1, 0.15) is 30.4 Å². The second-order valence-corrected chi connectivity index (χ2v) is 13.1. The van der Waals surface area contributed by atoms with E-state index in [-0.39, 0.29) is 36.3 Å². The van der Waals surface area contributed by atoms with Gasteiger partial charge in [0.2, 0.25) is 5.88 Å². The van der Waals surface area contributed by atoms with E-state index in [0.29, 0.717) is 21.7 Å². The van der Waals surface area contributed by atoms with Crippen molar-refractivity contribution in [2.75, 3.05) is 25.2 Å². The number of sulfone groups is 1. The van der Waals surface area contributed by atoms with Gasteiger partial charge in [0.05, 0.1) is 35.2 Å². The molecule has 1 aromatic carbocycles. The minimum Gasteiger partial charge on any atom is -0.469 e. The number of aromatic nitrogens is 2. The summed E-state index contributed by atoms with van der Waals surface area (Å²) in [5, 5.41) is 20.4. The van der Waals surface area contributed by atoms with Crippen molar-refractivity contribution >= 4 is 38.0 Å². The molecular formula is C28H28ClN3O6S. The Morgan fingerprint density at radius 2 is 1.95 bits per heavy atom. The van der Waals surface area contributed by atoms with Crippen LogP contribution in [0.5, 0.6) is 5.88 Å². The lowest BCUT2D eigenvalue weighted by atomic mass is 9.87. The third kappa shape index (κ3) is 5.17. The fourth-order valence-corrected chi connectivity index (χ4v) is 7.15. The summed E-state index contributed by atoms with van der Waals surface area (Å²) in [5.74, 6) is 0.661. The molecule has 9 nitrogen and oxygen atoms in total. The number of allylic oxidation sites excluding steroid dienone is 2. The molecule has 6 rings (SSSR count). The molecule has 2 N–H and O–H groups in total. The Morgan fingerprint density at radius 3 is 2.64 bits per heavy atom. The first-order valence-electron chi connectivity index (χ1n) is 12.9. The molecule has 3 aromatic rings. The highest BCUT2D eigenvalue weighted by Gasteiger charge is 2.48. The molecule has 0 saturated carbocycles. The van der Waals surface area contributed by atoms with Crippen molar-refractivity contribution in [3.63, 3.8) is 0 Å². The number of hydrogen-bond acceptors (Lipinski definition) is 8. The molecule has 0 bridgehead atoms. The summed E-state index contributed by atoms with van der Waals surface area (Å²) >= 11 is 6.62. The summed E-state index contributed by atoms with van der Waals surface area (Å²) in [6.07, 6.45) is 3.86. The van der Waals surface area contributed by atoms with Crippen molar-refractivity contribution in [2.24, 2.45) is 5.92 Å². The van der Waals surface area contributed by atoms with Gasteiger partial charge >= 0.3 is 0 Å². The third-order valence-corrected chi connectivity index (χ3v) is 9.00. The lowest BCUT2D eigenvalue weighted by Crippen LogP contribution is -2.34. The fraction of sp³-hybridized carbons (Fsp3) is 0.429. The van der Waals surface area contributed by atoms with E-state index in [9.17, 15) is 18.8 Å². The van der Waals surface area contributed by atoms with Crippen LogP contribution in [0.3, 0.4) is 0 Å². The largest absolute Gasteiger partial charge is 0.469 e. The van der Waals surface area contributed by atoms with Gasteiger partial charge in [-0.15, -0.1) is 0 Å². The molecule has 1 unspecified atom stereocenters. The predicted octanol–water partition coefficient (Wildman–Crippen LogP) is 3.89. The number of halogens is 1. The lowest BCUT2D eigenvalue weighted by Gasteiger charge is -2.21. The molecule has 0 radical (unpaired) electrons. The van der Waals surface area contributed by atoms with E-state index in [1.807, 2.05) is 24.3 Å². The van der Waals surface area contributed by atoms with Gasteiger partial charge in [-0.2, -0.15) is 5.26 Å². The molecule has 2 aromatic heterocycles. The number of rotatable bonds is 6. The van der Waals surface area contributed by atoms with Gasteiger partial charge in [-0.25, -0.2) is 13.4 Å². The lowest BCUT2D eigenvalue weighted by molar-refractivity contribution is 0.00789. The number of hydrogen-bond donors (Lipinski definition) is 2. The van der Waals surface area contributed by atoms with Crippen molar-refractivity contribution in [3.8, 4) is 23.2 Å². The second kappa shape index (κ2) is 10.2. The zero-order valence-corrected chi connectivity index (χ0v) is 22.8. The molecular weight excluding hydrogens is 542 g/mol. The van der Waals surface area contributed by atoms with Crippen LogP contribution in [-0.2, 0) is 19.3 Å². The molecule has 2 aliphatic heterocycles. The van der Waals surface area contributed by atoms with Gasteiger partial charge in [0.25, 0.3) is 0 Å². The zero-order valence-electron chi connectivity index (χ0n) is 21.3. The van der Waals surface area contributed by atoms with Crippen LogP contribution in [0.4, 0.5) is 0 Å². The normalized spacial score (nSPS) is 26.8. The maximum atomic E-state index is 11.6. The number of H-pyrrole nitrogens is 1. The van der Waals surface area contributed by atoms with Crippen molar-refractivity contribution < 1.29 is 27.7 Å². The smallest absolute Gasteiger partial charge is 0.212 e. The number of ether oxygens (including phenoxy) is 3. The van der Waals surface area contributed by atoms with Crippen LogP contribution in [0.15, 0.2) is 36.4 Å². The second-order valence-electron chi connectivity index (χ2n) is 10.5. The Labute approximate surface area is 231 Å². The molecule has 4 heterocycles. The molecule has 0 amide bonds. The summed E-state index contributed by atoms with van der Waals surface area (Å²) in [6.45, 7) is 0.431. The summed E-state index contributed by atoms with van der Waals surface area (Å²) in [7, 11) is -2.98. The van der Waals surface area contributed by atoms with Crippen LogP contribution in [0.25, 0.3) is 27.9 Å². The zero-order chi connectivity index (χ0) is 27.3. The summed E-state index contributed by atoms with van der Waals surface area (Å²) in [5.41, 5.74) is 4.94. The molecule has 0 spiro atoms. The van der Waals surface area contributed by atoms with Crippen LogP contribution in [0, 0.1) is 17.2 Å². The highest BCUT2D eigenvalue weighted by molar-refractivity contribution is 7.90. The topological polar surface area (TPSA) is 135 Å². The molecule has 39 heavy (non-hydrogen) atoms. The number of pyridine rings is 1. The van der Waals surface area contributed by atoms with Crippen molar-refractivity contribution in [1.29, 1.82) is 5.26 Å². The SMILES string of the molecule is CS(=O)(=O)CC1CC=C(c2ccc(-c3nc4c(C#N)c(O[C@@H]5CO[C@H]6[C@@H]5OC[C@H]6O)[nH]c4cc3Cl)cc2)CC1. The van der Waals surface area contributed by atoms with Gasteiger partial charge in [0.15, 0.2) is 6.10 Å². The first-order valence-corrected chi connectivity index (χ1v) is 15.3. The molecule has 2 fully saturated rings. The minimum atomic E-state index is -2.98. The molecule has 2 saturated heterocycles. The molecule has 11 heteroatoms. The predicted molar refractivity (Wildman–Crippen MR) is 146 cm³/mol. The average Bonchev–Trinajstić information content (AvgIpc) is 3.58. The van der Waals surface area contributed by atoms with E-state index in [0.717, 1.165) is 30.4 Å². The van der Waals surface area contributed by atoms with Crippen LogP contribution in [-0.4, -0.2) is 73.1 Å². The number of aromatic amines is 1. The van der Waals surface area contributed by atoms with E-state index in [4.69, 9.17) is 30.8 Å². The maximum absolute atomic E-state index is 11.6. The van der Waals surface area contributed by atoms with Crippen LogP contribution < -0.4 is 4.74 Å². The number of aliphatic hydroxyl groups is 1. The molecule has 5 atom stereocenters. The van der Waals surface area contributed by atoms with E-state index in [2.05, 4.69) is 17.1 Å². The Morgan fingerprint density at radius 1 is 1.21 bits per heavy atom. The van der Waals surface area contributed by atoms with E-state index in [1.165, 1.54) is 11.8 Å². The van der Waals surface area contributed by atoms with Crippen LogP contribution >= 0.6 is 11.6 Å². The Hall–Kier alpha value is -2.94. The quantitative estimate of drug-likeness (QED) is 0.456. The van der Waals surface area contributed by atoms with Gasteiger partial charge in [0, 0.05) is 11.8 Å². The molecule has 1 aliphatic carbocycles. The first kappa shape index (κ1) is 26.3. The monoisotopic (exact) mass is 569 g/mol. The Balaban J connectivity index is 1.23. The van der Waals surface area contributed by atoms with Gasteiger partial charge in [-0.1, -0.05) is 41.9 Å². The standard InChI is InChI=1S/C28H28ClN3O6S/c1-39(34,35)14-15-2-4-16(5-3-15)17-6-8-18(9-7-17)24-20(29)10-21-25(32-24)19(11-30)28(31-21)38-23-13-37-26-22(33)12-36-27(23)26/h4,6-10,15,22-23,26-27,31,33H,2-3,5,12-14H2,1H3/t15?,22-,23-,26-,27-/m1/s1. The van der Waals surface area contributed by atoms with E-state index >= 15 is 0 Å². The van der Waals surface area contributed by atoms with Crippen molar-refractivity contribution in [1.82, 2.24) is 9.97 Å². The number of aliphatic hydroxyl groups excluding tert-OH is 1. The van der Waals surface area contributed by atoms with Gasteiger partial charge in [0.1, 0.15) is 45.3 Å². The molecule has 204 valence electrons.